The number of imidazole rings is 1. The summed E-state index contributed by atoms with van der Waals surface area (Å²) >= 11 is 0. The highest BCUT2D eigenvalue weighted by Crippen LogP contribution is 2.14. The zero-order valence-electron chi connectivity index (χ0n) is 12.9. The average Bonchev–Trinajstić information content (AvgIpc) is 2.97. The van der Waals surface area contributed by atoms with E-state index in [-0.39, 0.29) is 24.0 Å². The number of fused-ring (bicyclic) bond motifs is 1. The van der Waals surface area contributed by atoms with E-state index in [4.69, 9.17) is 5.73 Å². The van der Waals surface area contributed by atoms with Crippen molar-refractivity contribution in [3.8, 4) is 0 Å². The number of hydrogen-bond acceptors (Lipinski definition) is 2. The molecule has 0 amide bonds. The van der Waals surface area contributed by atoms with Crippen molar-refractivity contribution >= 4 is 41.0 Å². The van der Waals surface area contributed by atoms with Crippen LogP contribution < -0.4 is 11.1 Å². The molecular formula is C17H20IN5. The van der Waals surface area contributed by atoms with Gasteiger partial charge in [0.25, 0.3) is 0 Å². The summed E-state index contributed by atoms with van der Waals surface area (Å²) in [5.74, 6) is 0.453. The number of benzene rings is 2. The van der Waals surface area contributed by atoms with E-state index < -0.39 is 0 Å². The fourth-order valence-electron chi connectivity index (χ4n) is 2.37. The normalized spacial score (nSPS) is 11.3. The van der Waals surface area contributed by atoms with Crippen LogP contribution in [0.1, 0.15) is 11.1 Å². The van der Waals surface area contributed by atoms with Crippen molar-refractivity contribution in [3.05, 3.63) is 66.0 Å². The van der Waals surface area contributed by atoms with Crippen LogP contribution in [0.15, 0.2) is 59.9 Å². The lowest BCUT2D eigenvalue weighted by Crippen LogP contribution is -2.30. The summed E-state index contributed by atoms with van der Waals surface area (Å²) in [4.78, 5) is 8.29. The first-order valence-corrected chi connectivity index (χ1v) is 7.20. The van der Waals surface area contributed by atoms with Crippen molar-refractivity contribution in [2.75, 3.05) is 7.05 Å². The molecule has 0 unspecified atom stereocenters. The van der Waals surface area contributed by atoms with Crippen LogP contribution in [0.3, 0.4) is 0 Å². The maximum atomic E-state index is 5.62. The van der Waals surface area contributed by atoms with Crippen LogP contribution in [0, 0.1) is 0 Å². The van der Waals surface area contributed by atoms with Gasteiger partial charge in [0.15, 0.2) is 5.96 Å². The standard InChI is InChI=1S/C17H19N5.HI/c1-19-17(18)20-10-13-6-8-14(9-7-13)11-22-12-21-15-4-2-3-5-16(15)22;/h2-9,12H,10-11H2,1H3,(H3,18,19,20);1H. The van der Waals surface area contributed by atoms with Gasteiger partial charge in [0.2, 0.25) is 0 Å². The molecule has 0 aliphatic carbocycles. The molecule has 6 heteroatoms. The Bertz CT molecular complexity index is 792. The second-order valence-electron chi connectivity index (χ2n) is 5.14. The first kappa shape index (κ1) is 17.3. The SMILES string of the molecule is CN=C(N)NCc1ccc(Cn2cnc3ccccc32)cc1.I. The van der Waals surface area contributed by atoms with E-state index in [0.717, 1.165) is 17.6 Å². The van der Waals surface area contributed by atoms with Crippen molar-refractivity contribution in [3.63, 3.8) is 0 Å². The Morgan fingerprint density at radius 1 is 1.13 bits per heavy atom. The van der Waals surface area contributed by atoms with Gasteiger partial charge in [-0.1, -0.05) is 36.4 Å². The molecule has 2 aromatic carbocycles. The second-order valence-corrected chi connectivity index (χ2v) is 5.14. The largest absolute Gasteiger partial charge is 0.370 e. The number of rotatable bonds is 4. The van der Waals surface area contributed by atoms with Gasteiger partial charge in [-0.05, 0) is 23.3 Å². The number of halogens is 1. The zero-order chi connectivity index (χ0) is 15.4. The number of hydrogen-bond donors (Lipinski definition) is 2. The van der Waals surface area contributed by atoms with E-state index in [0.29, 0.717) is 12.5 Å². The predicted molar refractivity (Wildman–Crippen MR) is 105 cm³/mol. The van der Waals surface area contributed by atoms with Gasteiger partial charge < -0.3 is 15.6 Å². The van der Waals surface area contributed by atoms with E-state index >= 15 is 0 Å². The minimum absolute atomic E-state index is 0. The molecule has 5 nitrogen and oxygen atoms in total. The summed E-state index contributed by atoms with van der Waals surface area (Å²) in [5, 5.41) is 3.05. The second kappa shape index (κ2) is 7.96. The minimum Gasteiger partial charge on any atom is -0.370 e. The van der Waals surface area contributed by atoms with Crippen molar-refractivity contribution in [2.45, 2.75) is 13.1 Å². The molecule has 0 spiro atoms. The number of para-hydroxylation sites is 2. The molecule has 0 fully saturated rings. The van der Waals surface area contributed by atoms with Crippen LogP contribution in [0.2, 0.25) is 0 Å². The third-order valence-electron chi connectivity index (χ3n) is 3.62. The van der Waals surface area contributed by atoms with Crippen molar-refractivity contribution < 1.29 is 0 Å². The van der Waals surface area contributed by atoms with Crippen LogP contribution in [0.4, 0.5) is 0 Å². The fraction of sp³-hybridized carbons (Fsp3) is 0.176. The number of guanidine groups is 1. The molecule has 0 bridgehead atoms. The Balaban J connectivity index is 0.00000192. The van der Waals surface area contributed by atoms with Gasteiger partial charge in [-0.3, -0.25) is 4.99 Å². The van der Waals surface area contributed by atoms with E-state index in [2.05, 4.69) is 50.2 Å². The van der Waals surface area contributed by atoms with Crippen molar-refractivity contribution in [2.24, 2.45) is 10.7 Å². The molecule has 0 saturated heterocycles. The number of aromatic nitrogens is 2. The molecule has 0 saturated carbocycles. The lowest BCUT2D eigenvalue weighted by atomic mass is 10.1. The monoisotopic (exact) mass is 421 g/mol. The van der Waals surface area contributed by atoms with Crippen LogP contribution in [-0.2, 0) is 13.1 Å². The summed E-state index contributed by atoms with van der Waals surface area (Å²) < 4.78 is 2.16. The Hall–Kier alpha value is -2.09. The predicted octanol–water partition coefficient (Wildman–Crippen LogP) is 2.74. The Labute approximate surface area is 152 Å². The minimum atomic E-state index is 0. The quantitative estimate of drug-likeness (QED) is 0.387. The highest BCUT2D eigenvalue weighted by Gasteiger charge is 2.02. The topological polar surface area (TPSA) is 68.2 Å². The van der Waals surface area contributed by atoms with Gasteiger partial charge in [-0.2, -0.15) is 0 Å². The molecule has 0 aliphatic rings. The maximum Gasteiger partial charge on any atom is 0.188 e. The molecule has 1 aromatic heterocycles. The van der Waals surface area contributed by atoms with Gasteiger partial charge in [-0.15, -0.1) is 24.0 Å². The third kappa shape index (κ3) is 4.22. The maximum absolute atomic E-state index is 5.62. The summed E-state index contributed by atoms with van der Waals surface area (Å²) in [6.07, 6.45) is 1.89. The first-order chi connectivity index (χ1) is 10.8. The van der Waals surface area contributed by atoms with Crippen LogP contribution in [0.5, 0.6) is 0 Å². The molecule has 1 heterocycles. The number of nitrogens with two attached hydrogens (primary N) is 1. The van der Waals surface area contributed by atoms with E-state index in [9.17, 15) is 0 Å². The molecule has 3 aromatic rings. The summed E-state index contributed by atoms with van der Waals surface area (Å²) in [6.45, 7) is 1.49. The number of aliphatic imine (C=N–C) groups is 1. The van der Waals surface area contributed by atoms with Gasteiger partial charge in [0, 0.05) is 20.1 Å². The smallest absolute Gasteiger partial charge is 0.188 e. The van der Waals surface area contributed by atoms with Gasteiger partial charge in [0.1, 0.15) is 0 Å². The van der Waals surface area contributed by atoms with Crippen LogP contribution in [-0.4, -0.2) is 22.6 Å². The molecule has 3 rings (SSSR count). The summed E-state index contributed by atoms with van der Waals surface area (Å²) in [5.41, 5.74) is 10.2. The van der Waals surface area contributed by atoms with Gasteiger partial charge >= 0.3 is 0 Å². The molecule has 0 atom stereocenters. The molecule has 0 radical (unpaired) electrons. The third-order valence-corrected chi connectivity index (χ3v) is 3.62. The van der Waals surface area contributed by atoms with E-state index in [1.165, 1.54) is 11.1 Å². The van der Waals surface area contributed by atoms with E-state index in [1.807, 2.05) is 24.5 Å². The Morgan fingerprint density at radius 3 is 2.57 bits per heavy atom. The summed E-state index contributed by atoms with van der Waals surface area (Å²) in [7, 11) is 1.67. The molecule has 120 valence electrons. The molecule has 23 heavy (non-hydrogen) atoms. The fourth-order valence-corrected chi connectivity index (χ4v) is 2.37. The Kier molecular flexibility index (Phi) is 5.97. The molecule has 0 aliphatic heterocycles. The lowest BCUT2D eigenvalue weighted by molar-refractivity contribution is 0.822. The molecule has 3 N–H and O–H groups in total. The Morgan fingerprint density at radius 2 is 1.83 bits per heavy atom. The summed E-state index contributed by atoms with van der Waals surface area (Å²) in [6, 6.07) is 16.6. The molecular weight excluding hydrogens is 401 g/mol. The van der Waals surface area contributed by atoms with Crippen LogP contribution >= 0.6 is 24.0 Å². The highest BCUT2D eigenvalue weighted by molar-refractivity contribution is 14.0. The average molecular weight is 421 g/mol. The van der Waals surface area contributed by atoms with Gasteiger partial charge in [-0.25, -0.2) is 4.98 Å². The number of nitrogens with one attached hydrogen (secondary N) is 1. The lowest BCUT2D eigenvalue weighted by Gasteiger charge is -2.07. The van der Waals surface area contributed by atoms with E-state index in [1.54, 1.807) is 7.05 Å². The van der Waals surface area contributed by atoms with Crippen LogP contribution in [0.25, 0.3) is 11.0 Å². The highest BCUT2D eigenvalue weighted by atomic mass is 127. The zero-order valence-corrected chi connectivity index (χ0v) is 15.3. The van der Waals surface area contributed by atoms with Crippen molar-refractivity contribution in [1.82, 2.24) is 14.9 Å². The van der Waals surface area contributed by atoms with Crippen molar-refractivity contribution in [1.29, 1.82) is 0 Å². The van der Waals surface area contributed by atoms with Gasteiger partial charge in [0.05, 0.1) is 17.4 Å². The number of nitrogens with zero attached hydrogens (tertiary/aromatic N) is 3. The first-order valence-electron chi connectivity index (χ1n) is 7.20.